The zero-order valence-electron chi connectivity index (χ0n) is 34.9. The highest BCUT2D eigenvalue weighted by Gasteiger charge is 2.44. The van der Waals surface area contributed by atoms with Crippen LogP contribution in [0.15, 0.2) is 229 Å². The van der Waals surface area contributed by atoms with Gasteiger partial charge in [0.05, 0.1) is 6.04 Å². The van der Waals surface area contributed by atoms with E-state index in [0.717, 1.165) is 12.8 Å². The van der Waals surface area contributed by atoms with E-state index in [-0.39, 0.29) is 17.9 Å². The fourth-order valence-corrected chi connectivity index (χ4v) is 11.5. The minimum absolute atomic E-state index is 0.0182. The van der Waals surface area contributed by atoms with Gasteiger partial charge in [-0.15, -0.1) is 0 Å². The molecule has 1 nitrogen and oxygen atoms in total. The second kappa shape index (κ2) is 14.5. The van der Waals surface area contributed by atoms with Crippen molar-refractivity contribution in [2.45, 2.75) is 24.8 Å². The van der Waals surface area contributed by atoms with Crippen molar-refractivity contribution in [3.05, 3.63) is 252 Å². The second-order valence-electron chi connectivity index (χ2n) is 17.6. The van der Waals surface area contributed by atoms with Crippen LogP contribution in [-0.2, 0) is 0 Å². The number of rotatable bonds is 4. The maximum Gasteiger partial charge on any atom is 0.0837 e. The molecule has 10 aromatic carbocycles. The molecule has 0 aromatic heterocycles. The largest absolute Gasteiger partial charge is 0.280 e. The Balaban J connectivity index is 1.00. The summed E-state index contributed by atoms with van der Waals surface area (Å²) in [5, 5.41) is 12.7. The fourth-order valence-electron chi connectivity index (χ4n) is 11.5. The Hall–Kier alpha value is -7.61. The van der Waals surface area contributed by atoms with Gasteiger partial charge in [-0.05, 0) is 135 Å². The minimum atomic E-state index is -0.0182. The molecule has 0 fully saturated rings. The zero-order valence-corrected chi connectivity index (χ0v) is 34.9. The first-order valence-corrected chi connectivity index (χ1v) is 22.5. The van der Waals surface area contributed by atoms with E-state index in [2.05, 4.69) is 218 Å². The molecular formula is C62H43N. The van der Waals surface area contributed by atoms with Crippen LogP contribution in [0.4, 0.5) is 0 Å². The van der Waals surface area contributed by atoms with Gasteiger partial charge in [0.2, 0.25) is 0 Å². The van der Waals surface area contributed by atoms with E-state index in [1.54, 1.807) is 0 Å². The first-order valence-electron chi connectivity index (χ1n) is 22.5. The zero-order chi connectivity index (χ0) is 41.4. The van der Waals surface area contributed by atoms with E-state index < -0.39 is 0 Å². The molecule has 296 valence electrons. The van der Waals surface area contributed by atoms with E-state index >= 15 is 0 Å². The van der Waals surface area contributed by atoms with E-state index in [4.69, 9.17) is 4.99 Å². The predicted molar refractivity (Wildman–Crippen MR) is 268 cm³/mol. The Labute approximate surface area is 367 Å². The van der Waals surface area contributed by atoms with Crippen LogP contribution in [0.25, 0.3) is 76.1 Å². The van der Waals surface area contributed by atoms with Crippen molar-refractivity contribution in [2.75, 3.05) is 0 Å². The van der Waals surface area contributed by atoms with E-state index in [0.29, 0.717) is 0 Å². The highest BCUT2D eigenvalue weighted by atomic mass is 14.9. The molecule has 13 rings (SSSR count). The van der Waals surface area contributed by atoms with Crippen molar-refractivity contribution >= 4 is 70.7 Å². The van der Waals surface area contributed by atoms with Crippen LogP contribution in [0.3, 0.4) is 0 Å². The van der Waals surface area contributed by atoms with Gasteiger partial charge < -0.3 is 0 Å². The summed E-state index contributed by atoms with van der Waals surface area (Å²) in [5.74, 6) is 0.296. The molecule has 2 unspecified atom stereocenters. The summed E-state index contributed by atoms with van der Waals surface area (Å²) in [6.45, 7) is 0. The Morgan fingerprint density at radius 2 is 1.00 bits per heavy atom. The number of allylic oxidation sites excluding steroid dienone is 4. The number of hydrogen-bond donors (Lipinski definition) is 0. The summed E-state index contributed by atoms with van der Waals surface area (Å²) in [4.78, 5) is 5.89. The standard InChI is InChI=1S/C62H43N/c1-3-18-43-37-45(33-31-39(43)15-1)58-51-25-9-10-26-52(51)59(46-34-32-40-16-2-4-19-44(40)38-46)62-61(58)55-30-14-21-42(35-36-56(55)63-62)57-49-23-7-11-27-53(49)60(54-28-12-8-24-50(54)57)48-29-13-20-41-17-5-6-22-47(41)48/h1-13,15-29,31-38,55,59,62H,14,30H2/b36-35-,42-21+/t55?,59-,62?/m0/s1. The lowest BCUT2D eigenvalue weighted by atomic mass is 9.68. The van der Waals surface area contributed by atoms with Gasteiger partial charge in [0.15, 0.2) is 0 Å². The minimum Gasteiger partial charge on any atom is -0.280 e. The third kappa shape index (κ3) is 5.73. The fraction of sp³-hybridized carbons (Fsp3) is 0.0806. The van der Waals surface area contributed by atoms with Gasteiger partial charge in [-0.25, -0.2) is 0 Å². The lowest BCUT2D eigenvalue weighted by Crippen LogP contribution is -2.27. The topological polar surface area (TPSA) is 12.4 Å². The lowest BCUT2D eigenvalue weighted by molar-refractivity contribution is 0.624. The van der Waals surface area contributed by atoms with Crippen molar-refractivity contribution in [3.63, 3.8) is 0 Å². The van der Waals surface area contributed by atoms with Gasteiger partial charge in [-0.2, -0.15) is 0 Å². The molecule has 0 bridgehead atoms. The molecule has 1 aliphatic heterocycles. The van der Waals surface area contributed by atoms with Crippen molar-refractivity contribution in [2.24, 2.45) is 10.9 Å². The molecule has 0 amide bonds. The average molecular weight is 802 g/mol. The quantitative estimate of drug-likeness (QED) is 0.157. The van der Waals surface area contributed by atoms with E-state index in [9.17, 15) is 0 Å². The molecule has 3 atom stereocenters. The summed E-state index contributed by atoms with van der Waals surface area (Å²) in [5.41, 5.74) is 14.5. The average Bonchev–Trinajstić information content (AvgIpc) is 3.68. The highest BCUT2D eigenvalue weighted by molar-refractivity contribution is 6.22. The Bertz CT molecular complexity index is 3590. The molecule has 0 N–H and O–H groups in total. The SMILES string of the molecule is C1=C\C(c2c3ccccc3c(-c3cccc4ccccc34)c3ccccc23)=C/CCC2C/1=NC1C2=C(c2ccc3ccccc3c2)c2ccccc2[C@@H]1c1ccc2ccccc2c1. The lowest BCUT2D eigenvalue weighted by Gasteiger charge is -2.35. The maximum absolute atomic E-state index is 5.89. The van der Waals surface area contributed by atoms with Crippen LogP contribution in [0.1, 0.15) is 46.6 Å². The molecule has 0 saturated heterocycles. The second-order valence-corrected chi connectivity index (χ2v) is 17.6. The highest BCUT2D eigenvalue weighted by Crippen LogP contribution is 2.53. The molecule has 0 spiro atoms. The first kappa shape index (κ1) is 36.1. The van der Waals surface area contributed by atoms with Crippen LogP contribution in [-0.4, -0.2) is 11.8 Å². The van der Waals surface area contributed by atoms with Crippen LogP contribution >= 0.6 is 0 Å². The van der Waals surface area contributed by atoms with Gasteiger partial charge in [-0.1, -0.05) is 206 Å². The van der Waals surface area contributed by atoms with Gasteiger partial charge in [0.1, 0.15) is 0 Å². The Morgan fingerprint density at radius 1 is 0.429 bits per heavy atom. The number of aliphatic imine (C=N–C) groups is 1. The van der Waals surface area contributed by atoms with Crippen molar-refractivity contribution < 1.29 is 0 Å². The third-order valence-electron chi connectivity index (χ3n) is 14.2. The Kier molecular flexibility index (Phi) is 8.31. The van der Waals surface area contributed by atoms with Crippen molar-refractivity contribution in [3.8, 4) is 11.1 Å². The number of fused-ring (bicyclic) bond motifs is 9. The smallest absolute Gasteiger partial charge is 0.0837 e. The number of benzene rings is 10. The predicted octanol–water partition coefficient (Wildman–Crippen LogP) is 15.9. The maximum atomic E-state index is 5.89. The summed E-state index contributed by atoms with van der Waals surface area (Å²) < 4.78 is 0. The van der Waals surface area contributed by atoms with Crippen LogP contribution in [0.5, 0.6) is 0 Å². The summed E-state index contributed by atoms with van der Waals surface area (Å²) >= 11 is 0. The van der Waals surface area contributed by atoms with Gasteiger partial charge in [0, 0.05) is 17.5 Å². The van der Waals surface area contributed by atoms with Gasteiger partial charge in [0.25, 0.3) is 0 Å². The molecule has 3 aliphatic rings. The van der Waals surface area contributed by atoms with E-state index in [1.807, 2.05) is 0 Å². The molecule has 1 heteroatoms. The first-order chi connectivity index (χ1) is 31.3. The summed E-state index contributed by atoms with van der Waals surface area (Å²) in [6, 6.07) is 74.4. The number of hydrogen-bond acceptors (Lipinski definition) is 1. The number of nitrogens with zero attached hydrogens (tertiary/aromatic N) is 1. The molecule has 0 radical (unpaired) electrons. The van der Waals surface area contributed by atoms with Crippen LogP contribution in [0.2, 0.25) is 0 Å². The van der Waals surface area contributed by atoms with Crippen molar-refractivity contribution in [1.29, 1.82) is 0 Å². The molecule has 0 saturated carbocycles. The van der Waals surface area contributed by atoms with Crippen molar-refractivity contribution in [1.82, 2.24) is 0 Å². The van der Waals surface area contributed by atoms with Gasteiger partial charge in [-0.3, -0.25) is 4.99 Å². The summed E-state index contributed by atoms with van der Waals surface area (Å²) in [7, 11) is 0. The van der Waals surface area contributed by atoms with Crippen LogP contribution < -0.4 is 0 Å². The molecule has 1 heterocycles. The van der Waals surface area contributed by atoms with Gasteiger partial charge >= 0.3 is 0 Å². The third-order valence-corrected chi connectivity index (χ3v) is 14.2. The molecule has 63 heavy (non-hydrogen) atoms. The molecule has 2 aliphatic carbocycles. The summed E-state index contributed by atoms with van der Waals surface area (Å²) in [6.07, 6.45) is 9.22. The van der Waals surface area contributed by atoms with Crippen LogP contribution in [0, 0.1) is 5.92 Å². The van der Waals surface area contributed by atoms with E-state index in [1.165, 1.54) is 115 Å². The molecular weight excluding hydrogens is 759 g/mol. The Morgan fingerprint density at radius 3 is 1.75 bits per heavy atom. The monoisotopic (exact) mass is 801 g/mol. The molecule has 10 aromatic rings. The normalized spacial score (nSPS) is 19.6.